The maximum Gasteiger partial charge on any atom is 0.146 e. The lowest BCUT2D eigenvalue weighted by Gasteiger charge is -2.20. The van der Waals surface area contributed by atoms with Gasteiger partial charge in [0.15, 0.2) is 0 Å². The molecule has 0 amide bonds. The predicted molar refractivity (Wildman–Crippen MR) is 82.8 cm³/mol. The fraction of sp³-hybridized carbons (Fsp3) is 0.294. The summed E-state index contributed by atoms with van der Waals surface area (Å²) in [5.74, 6) is -0.334. The van der Waals surface area contributed by atoms with Crippen molar-refractivity contribution in [2.24, 2.45) is 0 Å². The van der Waals surface area contributed by atoms with Gasteiger partial charge in [0, 0.05) is 11.6 Å². The highest BCUT2D eigenvalue weighted by Gasteiger charge is 2.18. The van der Waals surface area contributed by atoms with Gasteiger partial charge in [0.2, 0.25) is 0 Å². The van der Waals surface area contributed by atoms with Gasteiger partial charge in [-0.15, -0.1) is 0 Å². The molecule has 1 nitrogen and oxygen atoms in total. The quantitative estimate of drug-likeness (QED) is 0.868. The molecule has 0 aliphatic heterocycles. The molecule has 20 heavy (non-hydrogen) atoms. The molecule has 1 N–H and O–H groups in total. The Labute approximate surface area is 124 Å². The third-order valence-corrected chi connectivity index (χ3v) is 4.05. The normalized spacial score (nSPS) is 12.4. The number of aryl methyl sites for hydroxylation is 2. The summed E-state index contributed by atoms with van der Waals surface area (Å²) in [5.41, 5.74) is 4.33. The van der Waals surface area contributed by atoms with Crippen LogP contribution in [0.2, 0.25) is 5.02 Å². The second kappa shape index (κ2) is 6.38. The molecule has 2 rings (SSSR count). The van der Waals surface area contributed by atoms with Crippen molar-refractivity contribution in [3.8, 4) is 0 Å². The van der Waals surface area contributed by atoms with Crippen LogP contribution >= 0.6 is 11.6 Å². The van der Waals surface area contributed by atoms with Gasteiger partial charge in [-0.3, -0.25) is 0 Å². The molecule has 3 heteroatoms. The lowest BCUT2D eigenvalue weighted by atomic mass is 9.93. The van der Waals surface area contributed by atoms with Gasteiger partial charge in [-0.05, 0) is 50.1 Å². The molecule has 0 aromatic heterocycles. The summed E-state index contributed by atoms with van der Waals surface area (Å²) in [6.45, 7) is 4.17. The van der Waals surface area contributed by atoms with Crippen LogP contribution in [0.15, 0.2) is 36.4 Å². The lowest BCUT2D eigenvalue weighted by Crippen LogP contribution is -2.21. The first kappa shape index (κ1) is 15.0. The molecule has 0 saturated carbocycles. The molecule has 0 heterocycles. The second-order valence-electron chi connectivity index (χ2n) is 5.06. The number of hydrogen-bond acceptors (Lipinski definition) is 1. The van der Waals surface area contributed by atoms with Crippen LogP contribution in [-0.4, -0.2) is 7.05 Å². The van der Waals surface area contributed by atoms with Crippen molar-refractivity contribution < 1.29 is 4.39 Å². The topological polar surface area (TPSA) is 12.0 Å². The minimum absolute atomic E-state index is 0.0894. The first-order valence-corrected chi connectivity index (χ1v) is 7.08. The lowest BCUT2D eigenvalue weighted by molar-refractivity contribution is 0.533. The van der Waals surface area contributed by atoms with Crippen molar-refractivity contribution in [1.82, 2.24) is 5.32 Å². The zero-order valence-corrected chi connectivity index (χ0v) is 12.8. The zero-order valence-electron chi connectivity index (χ0n) is 12.0. The summed E-state index contributed by atoms with van der Waals surface area (Å²) >= 11 is 5.88. The largest absolute Gasteiger partial charge is 0.313 e. The number of hydrogen-bond donors (Lipinski definition) is 1. The highest BCUT2D eigenvalue weighted by molar-refractivity contribution is 6.30. The van der Waals surface area contributed by atoms with Crippen LogP contribution in [0.3, 0.4) is 0 Å². The van der Waals surface area contributed by atoms with Crippen molar-refractivity contribution in [3.05, 3.63) is 69.5 Å². The van der Waals surface area contributed by atoms with E-state index in [1.54, 1.807) is 18.2 Å². The number of likely N-dealkylation sites (N-methyl/N-ethyl adjacent to an activating group) is 1. The van der Waals surface area contributed by atoms with E-state index >= 15 is 0 Å². The Morgan fingerprint density at radius 3 is 2.30 bits per heavy atom. The van der Waals surface area contributed by atoms with Gasteiger partial charge < -0.3 is 5.32 Å². The summed E-state index contributed by atoms with van der Waals surface area (Å²) in [4.78, 5) is 0. The fourth-order valence-corrected chi connectivity index (χ4v) is 2.71. The monoisotopic (exact) mass is 291 g/mol. The van der Waals surface area contributed by atoms with Crippen molar-refractivity contribution in [3.63, 3.8) is 0 Å². The number of rotatable bonds is 4. The molecule has 2 aromatic rings. The van der Waals surface area contributed by atoms with Gasteiger partial charge in [-0.2, -0.15) is 0 Å². The minimum atomic E-state index is -0.334. The van der Waals surface area contributed by atoms with Crippen molar-refractivity contribution in [1.29, 1.82) is 0 Å². The molecule has 0 spiro atoms. The Morgan fingerprint density at radius 2 is 1.70 bits per heavy atom. The number of nitrogens with one attached hydrogen (secondary N) is 1. The fourth-order valence-electron chi connectivity index (χ4n) is 2.53. The molecule has 106 valence electrons. The SMILES string of the molecule is CNC(Cc1c(C)cccc1C)c1cccc(Cl)c1F. The highest BCUT2D eigenvalue weighted by atomic mass is 35.5. The van der Waals surface area contributed by atoms with Crippen molar-refractivity contribution in [2.45, 2.75) is 26.3 Å². The Kier molecular flexibility index (Phi) is 4.79. The van der Waals surface area contributed by atoms with E-state index in [1.807, 2.05) is 13.1 Å². The van der Waals surface area contributed by atoms with E-state index in [-0.39, 0.29) is 16.9 Å². The average Bonchev–Trinajstić information content (AvgIpc) is 2.42. The molecule has 1 unspecified atom stereocenters. The van der Waals surface area contributed by atoms with Crippen LogP contribution in [0, 0.1) is 19.7 Å². The van der Waals surface area contributed by atoms with E-state index in [9.17, 15) is 4.39 Å². The standard InChI is InChI=1S/C17H19ClFN/c1-11-6-4-7-12(2)14(11)10-16(20-3)13-8-5-9-15(18)17(13)19/h4-9,16,20H,10H2,1-3H3. The van der Waals surface area contributed by atoms with E-state index in [1.165, 1.54) is 16.7 Å². The van der Waals surface area contributed by atoms with Crippen LogP contribution in [-0.2, 0) is 6.42 Å². The van der Waals surface area contributed by atoms with Crippen molar-refractivity contribution in [2.75, 3.05) is 7.05 Å². The molecule has 2 aromatic carbocycles. The van der Waals surface area contributed by atoms with Gasteiger partial charge in [0.1, 0.15) is 5.82 Å². The Hall–Kier alpha value is -1.38. The molecule has 1 atom stereocenters. The number of benzene rings is 2. The Morgan fingerprint density at radius 1 is 1.10 bits per heavy atom. The third kappa shape index (κ3) is 3.02. The molecule has 0 aliphatic carbocycles. The van der Waals surface area contributed by atoms with Crippen molar-refractivity contribution >= 4 is 11.6 Å². The average molecular weight is 292 g/mol. The van der Waals surface area contributed by atoms with E-state index in [0.717, 1.165) is 6.42 Å². The summed E-state index contributed by atoms with van der Waals surface area (Å²) in [7, 11) is 1.85. The first-order chi connectivity index (χ1) is 9.54. The zero-order chi connectivity index (χ0) is 14.7. The molecule has 0 saturated heterocycles. The van der Waals surface area contributed by atoms with Gasteiger partial charge in [-0.1, -0.05) is 41.9 Å². The summed E-state index contributed by atoms with van der Waals surface area (Å²) in [6, 6.07) is 11.3. The molecule has 0 aliphatic rings. The maximum absolute atomic E-state index is 14.2. The van der Waals surface area contributed by atoms with Gasteiger partial charge in [0.05, 0.1) is 5.02 Å². The van der Waals surface area contributed by atoms with Gasteiger partial charge >= 0.3 is 0 Å². The summed E-state index contributed by atoms with van der Waals surface area (Å²) < 4.78 is 14.2. The van der Waals surface area contributed by atoms with Crippen LogP contribution in [0.4, 0.5) is 4.39 Å². The van der Waals surface area contributed by atoms with Crippen LogP contribution < -0.4 is 5.32 Å². The highest BCUT2D eigenvalue weighted by Crippen LogP contribution is 2.27. The maximum atomic E-state index is 14.2. The summed E-state index contributed by atoms with van der Waals surface area (Å²) in [6.07, 6.45) is 0.742. The Balaban J connectivity index is 2.37. The first-order valence-electron chi connectivity index (χ1n) is 6.71. The minimum Gasteiger partial charge on any atom is -0.313 e. The van der Waals surface area contributed by atoms with Gasteiger partial charge in [0.25, 0.3) is 0 Å². The van der Waals surface area contributed by atoms with E-state index in [2.05, 4.69) is 31.3 Å². The molecule has 0 bridgehead atoms. The predicted octanol–water partition coefficient (Wildman–Crippen LogP) is 4.60. The van der Waals surface area contributed by atoms with Crippen LogP contribution in [0.5, 0.6) is 0 Å². The van der Waals surface area contributed by atoms with Gasteiger partial charge in [-0.25, -0.2) is 4.39 Å². The van der Waals surface area contributed by atoms with Crippen LogP contribution in [0.1, 0.15) is 28.3 Å². The van der Waals surface area contributed by atoms with E-state index in [0.29, 0.717) is 5.56 Å². The molecular weight excluding hydrogens is 273 g/mol. The second-order valence-corrected chi connectivity index (χ2v) is 5.47. The molecular formula is C17H19ClFN. The Bertz CT molecular complexity index is 590. The van der Waals surface area contributed by atoms with Crippen LogP contribution in [0.25, 0.3) is 0 Å². The van der Waals surface area contributed by atoms with E-state index < -0.39 is 0 Å². The smallest absolute Gasteiger partial charge is 0.146 e. The summed E-state index contributed by atoms with van der Waals surface area (Å²) in [5, 5.41) is 3.36. The molecule has 0 radical (unpaired) electrons. The van der Waals surface area contributed by atoms with E-state index in [4.69, 9.17) is 11.6 Å². The third-order valence-electron chi connectivity index (χ3n) is 3.76. The number of halogens is 2. The molecule has 0 fully saturated rings.